The number of aryl methyl sites for hydroxylation is 1. The number of rotatable bonds is 3. The molecule has 3 rings (SSSR count). The fraction of sp³-hybridized carbons (Fsp3) is 0.692. The number of β-amino-alcohol motifs (C(OH)–C–C–N with tert-alkyl or cyclic N) is 1. The Labute approximate surface area is 112 Å². The second-order valence-electron chi connectivity index (χ2n) is 5.54. The van der Waals surface area contributed by atoms with Gasteiger partial charge in [-0.25, -0.2) is 0 Å². The molecule has 1 saturated heterocycles. The number of nitrogens with zero attached hydrogens (tertiary/aromatic N) is 1. The summed E-state index contributed by atoms with van der Waals surface area (Å²) in [7, 11) is 0. The van der Waals surface area contributed by atoms with E-state index in [0.717, 1.165) is 31.5 Å². The van der Waals surface area contributed by atoms with Crippen LogP contribution in [0.5, 0.6) is 0 Å². The molecular weight excluding hydrogens is 244 g/mol. The van der Waals surface area contributed by atoms with E-state index in [-0.39, 0.29) is 23.8 Å². The van der Waals surface area contributed by atoms with Crippen molar-refractivity contribution in [2.45, 2.75) is 25.4 Å². The van der Waals surface area contributed by atoms with Gasteiger partial charge in [-0.1, -0.05) is 0 Å². The maximum atomic E-state index is 12.1. The van der Waals surface area contributed by atoms with Crippen molar-refractivity contribution in [3.05, 3.63) is 17.5 Å². The average Bonchev–Trinajstić information content (AvgIpc) is 3.03. The van der Waals surface area contributed by atoms with E-state index in [4.69, 9.17) is 0 Å². The number of aliphatic hydroxyl groups is 1. The summed E-state index contributed by atoms with van der Waals surface area (Å²) in [5.41, 5.74) is 2.33. The van der Waals surface area contributed by atoms with Crippen LogP contribution in [0.25, 0.3) is 0 Å². The molecule has 1 amide bonds. The molecule has 1 fully saturated rings. The molecular formula is C13H20N4O2. The SMILES string of the molecule is O=C(NCC1CNCC1O)C1CCc2cn[nH]c2C1. The molecule has 1 aliphatic carbocycles. The van der Waals surface area contributed by atoms with Gasteiger partial charge in [-0.2, -0.15) is 5.10 Å². The summed E-state index contributed by atoms with van der Waals surface area (Å²) in [5, 5.41) is 22.8. The molecule has 6 heteroatoms. The first-order chi connectivity index (χ1) is 9.24. The molecule has 1 aliphatic heterocycles. The van der Waals surface area contributed by atoms with Gasteiger partial charge < -0.3 is 15.7 Å². The predicted octanol–water partition coefficient (Wildman–Crippen LogP) is -0.789. The third kappa shape index (κ3) is 2.64. The van der Waals surface area contributed by atoms with Gasteiger partial charge in [-0.05, 0) is 18.4 Å². The summed E-state index contributed by atoms with van der Waals surface area (Å²) < 4.78 is 0. The minimum Gasteiger partial charge on any atom is -0.391 e. The number of carbonyl (C=O) groups is 1. The fourth-order valence-corrected chi connectivity index (χ4v) is 2.94. The van der Waals surface area contributed by atoms with E-state index in [0.29, 0.717) is 13.1 Å². The predicted molar refractivity (Wildman–Crippen MR) is 69.5 cm³/mol. The number of aromatic amines is 1. The van der Waals surface area contributed by atoms with E-state index >= 15 is 0 Å². The van der Waals surface area contributed by atoms with E-state index in [2.05, 4.69) is 20.8 Å². The molecule has 0 aromatic carbocycles. The first-order valence-electron chi connectivity index (χ1n) is 6.91. The van der Waals surface area contributed by atoms with Crippen LogP contribution in [0.1, 0.15) is 17.7 Å². The summed E-state index contributed by atoms with van der Waals surface area (Å²) in [6.45, 7) is 1.96. The average molecular weight is 264 g/mol. The Morgan fingerprint density at radius 3 is 3.21 bits per heavy atom. The lowest BCUT2D eigenvalue weighted by Crippen LogP contribution is -2.39. The molecule has 3 atom stereocenters. The van der Waals surface area contributed by atoms with Crippen molar-refractivity contribution in [1.29, 1.82) is 0 Å². The maximum Gasteiger partial charge on any atom is 0.223 e. The second kappa shape index (κ2) is 5.30. The molecule has 0 radical (unpaired) electrons. The van der Waals surface area contributed by atoms with Crippen LogP contribution in [0, 0.1) is 11.8 Å². The number of nitrogens with one attached hydrogen (secondary N) is 3. The lowest BCUT2D eigenvalue weighted by molar-refractivity contribution is -0.125. The van der Waals surface area contributed by atoms with Crippen molar-refractivity contribution in [2.24, 2.45) is 11.8 Å². The lowest BCUT2D eigenvalue weighted by atomic mass is 9.87. The zero-order valence-electron chi connectivity index (χ0n) is 10.9. The Morgan fingerprint density at radius 1 is 1.53 bits per heavy atom. The van der Waals surface area contributed by atoms with E-state index in [1.54, 1.807) is 0 Å². The van der Waals surface area contributed by atoms with Gasteiger partial charge in [-0.15, -0.1) is 0 Å². The Morgan fingerprint density at radius 2 is 2.42 bits per heavy atom. The summed E-state index contributed by atoms with van der Waals surface area (Å²) >= 11 is 0. The standard InChI is InChI=1S/C13H20N4O2/c18-12-7-14-4-10(12)5-15-13(19)8-1-2-9-6-16-17-11(9)3-8/h6,8,10,12,14,18H,1-5,7H2,(H,15,19)(H,16,17). The third-order valence-electron chi connectivity index (χ3n) is 4.23. The molecule has 104 valence electrons. The van der Waals surface area contributed by atoms with Gasteiger partial charge in [-0.3, -0.25) is 9.89 Å². The highest BCUT2D eigenvalue weighted by Crippen LogP contribution is 2.23. The van der Waals surface area contributed by atoms with Crippen molar-refractivity contribution in [1.82, 2.24) is 20.8 Å². The van der Waals surface area contributed by atoms with Crippen LogP contribution in [-0.4, -0.2) is 46.9 Å². The van der Waals surface area contributed by atoms with E-state index in [9.17, 15) is 9.90 Å². The van der Waals surface area contributed by atoms with Crippen molar-refractivity contribution in [2.75, 3.05) is 19.6 Å². The first-order valence-corrected chi connectivity index (χ1v) is 6.91. The number of amides is 1. The van der Waals surface area contributed by atoms with Crippen LogP contribution < -0.4 is 10.6 Å². The monoisotopic (exact) mass is 264 g/mol. The zero-order valence-corrected chi connectivity index (χ0v) is 10.9. The van der Waals surface area contributed by atoms with E-state index in [1.165, 1.54) is 5.56 Å². The van der Waals surface area contributed by atoms with Gasteiger partial charge in [0.15, 0.2) is 0 Å². The number of carbonyl (C=O) groups excluding carboxylic acids is 1. The van der Waals surface area contributed by atoms with Crippen LogP contribution in [-0.2, 0) is 17.6 Å². The Bertz CT molecular complexity index is 459. The fourth-order valence-electron chi connectivity index (χ4n) is 2.94. The molecule has 0 bridgehead atoms. The first kappa shape index (κ1) is 12.6. The number of fused-ring (bicyclic) bond motifs is 1. The Hall–Kier alpha value is -1.40. The highest BCUT2D eigenvalue weighted by molar-refractivity contribution is 5.79. The molecule has 4 N–H and O–H groups in total. The minimum atomic E-state index is -0.342. The summed E-state index contributed by atoms with van der Waals surface area (Å²) in [5.74, 6) is 0.258. The van der Waals surface area contributed by atoms with Crippen LogP contribution in [0.15, 0.2) is 6.20 Å². The van der Waals surface area contributed by atoms with Gasteiger partial charge in [0.05, 0.1) is 12.3 Å². The highest BCUT2D eigenvalue weighted by atomic mass is 16.3. The number of hydrogen-bond donors (Lipinski definition) is 4. The molecule has 19 heavy (non-hydrogen) atoms. The van der Waals surface area contributed by atoms with Crippen LogP contribution in [0.4, 0.5) is 0 Å². The smallest absolute Gasteiger partial charge is 0.223 e. The number of aliphatic hydroxyl groups excluding tert-OH is 1. The highest BCUT2D eigenvalue weighted by Gasteiger charge is 2.28. The van der Waals surface area contributed by atoms with E-state index in [1.807, 2.05) is 6.20 Å². The van der Waals surface area contributed by atoms with Crippen molar-refractivity contribution in [3.63, 3.8) is 0 Å². The molecule has 1 aromatic heterocycles. The molecule has 2 aliphatic rings. The van der Waals surface area contributed by atoms with Crippen molar-refractivity contribution in [3.8, 4) is 0 Å². The normalized spacial score (nSPS) is 30.1. The molecule has 3 unspecified atom stereocenters. The van der Waals surface area contributed by atoms with Crippen LogP contribution in [0.3, 0.4) is 0 Å². The molecule has 6 nitrogen and oxygen atoms in total. The molecule has 0 spiro atoms. The van der Waals surface area contributed by atoms with E-state index < -0.39 is 0 Å². The van der Waals surface area contributed by atoms with Gasteiger partial charge in [0.25, 0.3) is 0 Å². The largest absolute Gasteiger partial charge is 0.391 e. The number of aromatic nitrogens is 2. The summed E-state index contributed by atoms with van der Waals surface area (Å²) in [4.78, 5) is 12.1. The number of H-pyrrole nitrogens is 1. The Balaban J connectivity index is 1.51. The molecule has 0 saturated carbocycles. The van der Waals surface area contributed by atoms with Gasteiger partial charge in [0.1, 0.15) is 0 Å². The quantitative estimate of drug-likeness (QED) is 0.576. The minimum absolute atomic E-state index is 0.0273. The molecule has 1 aromatic rings. The second-order valence-corrected chi connectivity index (χ2v) is 5.54. The number of hydrogen-bond acceptors (Lipinski definition) is 4. The maximum absolute atomic E-state index is 12.1. The Kier molecular flexibility index (Phi) is 3.52. The van der Waals surface area contributed by atoms with Gasteiger partial charge in [0, 0.05) is 43.6 Å². The summed E-state index contributed by atoms with van der Waals surface area (Å²) in [6.07, 6.45) is 4.05. The summed E-state index contributed by atoms with van der Waals surface area (Å²) in [6, 6.07) is 0. The van der Waals surface area contributed by atoms with Crippen LogP contribution in [0.2, 0.25) is 0 Å². The third-order valence-corrected chi connectivity index (χ3v) is 4.23. The lowest BCUT2D eigenvalue weighted by Gasteiger charge is -2.22. The van der Waals surface area contributed by atoms with Crippen LogP contribution >= 0.6 is 0 Å². The van der Waals surface area contributed by atoms with Gasteiger partial charge in [0.2, 0.25) is 5.91 Å². The van der Waals surface area contributed by atoms with Crippen molar-refractivity contribution >= 4 is 5.91 Å². The topological polar surface area (TPSA) is 90.0 Å². The molecule has 2 heterocycles. The van der Waals surface area contributed by atoms with Crippen molar-refractivity contribution < 1.29 is 9.90 Å². The van der Waals surface area contributed by atoms with Gasteiger partial charge >= 0.3 is 0 Å². The zero-order chi connectivity index (χ0) is 13.2.